The minimum absolute atomic E-state index is 0.0557. The van der Waals surface area contributed by atoms with Gasteiger partial charge in [0.25, 0.3) is 0 Å². The van der Waals surface area contributed by atoms with Crippen LogP contribution in [0.5, 0.6) is 0 Å². The summed E-state index contributed by atoms with van der Waals surface area (Å²) in [6, 6.07) is 2.67. The van der Waals surface area contributed by atoms with E-state index in [-0.39, 0.29) is 36.2 Å². The molecule has 1 aromatic heterocycles. The molecule has 0 fully saturated rings. The maximum absolute atomic E-state index is 11.5. The first kappa shape index (κ1) is 16.6. The van der Waals surface area contributed by atoms with E-state index in [4.69, 9.17) is 10.6 Å². The Balaban J connectivity index is 2.54. The Hall–Kier alpha value is -2.46. The minimum Gasteiger partial charge on any atom is -0.383 e. The molecule has 21 heavy (non-hydrogen) atoms. The van der Waals surface area contributed by atoms with Crippen molar-refractivity contribution in [3.05, 3.63) is 22.2 Å². The lowest BCUT2D eigenvalue weighted by Crippen LogP contribution is -2.28. The summed E-state index contributed by atoms with van der Waals surface area (Å²) in [4.78, 5) is 25.7. The van der Waals surface area contributed by atoms with Crippen molar-refractivity contribution in [2.45, 2.75) is 6.42 Å². The van der Waals surface area contributed by atoms with Crippen molar-refractivity contribution >= 4 is 23.2 Å². The maximum atomic E-state index is 11.5. The molecular formula is C11H18N6O4. The minimum atomic E-state index is -0.561. The van der Waals surface area contributed by atoms with E-state index in [0.29, 0.717) is 13.2 Å². The van der Waals surface area contributed by atoms with Crippen molar-refractivity contribution in [1.29, 1.82) is 0 Å². The van der Waals surface area contributed by atoms with Crippen LogP contribution in [0.4, 0.5) is 17.3 Å². The Morgan fingerprint density at radius 1 is 1.48 bits per heavy atom. The van der Waals surface area contributed by atoms with Gasteiger partial charge in [0, 0.05) is 32.7 Å². The molecule has 0 radical (unpaired) electrons. The van der Waals surface area contributed by atoms with Crippen molar-refractivity contribution in [2.24, 2.45) is 5.84 Å². The number of carbonyl (C=O) groups excluding carboxylic acids is 1. The highest BCUT2D eigenvalue weighted by atomic mass is 16.6. The van der Waals surface area contributed by atoms with Crippen LogP contribution < -0.4 is 21.9 Å². The van der Waals surface area contributed by atoms with Gasteiger partial charge in [-0.1, -0.05) is 0 Å². The van der Waals surface area contributed by atoms with Crippen LogP contribution in [0.15, 0.2) is 12.1 Å². The third-order valence-corrected chi connectivity index (χ3v) is 2.49. The third kappa shape index (κ3) is 5.58. The van der Waals surface area contributed by atoms with Crippen molar-refractivity contribution in [1.82, 2.24) is 10.3 Å². The fourth-order valence-corrected chi connectivity index (χ4v) is 1.48. The van der Waals surface area contributed by atoms with Crippen LogP contribution in [0.1, 0.15) is 6.42 Å². The number of hydrazine groups is 1. The molecule has 116 valence electrons. The summed E-state index contributed by atoms with van der Waals surface area (Å²) in [5.41, 5.74) is 2.11. The van der Waals surface area contributed by atoms with Crippen LogP contribution in [0, 0.1) is 10.1 Å². The lowest BCUT2D eigenvalue weighted by atomic mass is 10.3. The van der Waals surface area contributed by atoms with Crippen LogP contribution in [-0.4, -0.2) is 42.6 Å². The van der Waals surface area contributed by atoms with Crippen LogP contribution in [-0.2, 0) is 9.53 Å². The largest absolute Gasteiger partial charge is 0.383 e. The van der Waals surface area contributed by atoms with Gasteiger partial charge in [-0.05, 0) is 6.07 Å². The number of nitrogens with zero attached hydrogens (tertiary/aromatic N) is 2. The van der Waals surface area contributed by atoms with E-state index in [0.717, 1.165) is 0 Å². The van der Waals surface area contributed by atoms with Crippen molar-refractivity contribution < 1.29 is 14.5 Å². The molecule has 10 nitrogen and oxygen atoms in total. The number of ether oxygens (including phenoxy) is 1. The second-order valence-electron chi connectivity index (χ2n) is 3.99. The summed E-state index contributed by atoms with van der Waals surface area (Å²) in [5.74, 6) is 5.36. The number of rotatable bonds is 9. The molecule has 0 saturated heterocycles. The monoisotopic (exact) mass is 298 g/mol. The zero-order valence-corrected chi connectivity index (χ0v) is 11.6. The van der Waals surface area contributed by atoms with Crippen LogP contribution in [0.25, 0.3) is 0 Å². The zero-order chi connectivity index (χ0) is 15.7. The summed E-state index contributed by atoms with van der Waals surface area (Å²) < 4.78 is 4.80. The van der Waals surface area contributed by atoms with E-state index in [9.17, 15) is 14.9 Å². The smallest absolute Gasteiger partial charge is 0.311 e. The van der Waals surface area contributed by atoms with Gasteiger partial charge in [0.15, 0.2) is 0 Å². The normalized spacial score (nSPS) is 10.0. The number of nitrogens with one attached hydrogen (secondary N) is 3. The summed E-state index contributed by atoms with van der Waals surface area (Å²) in [6.07, 6.45) is 0.156. The number of carbonyl (C=O) groups is 1. The SMILES string of the molecule is COCCNC(=O)CCNc1nc(NN)ccc1[N+](=O)[O-]. The number of anilines is 2. The lowest BCUT2D eigenvalue weighted by Gasteiger charge is -2.08. The Morgan fingerprint density at radius 3 is 2.86 bits per heavy atom. The fourth-order valence-electron chi connectivity index (χ4n) is 1.48. The van der Waals surface area contributed by atoms with E-state index in [1.165, 1.54) is 19.2 Å². The highest BCUT2D eigenvalue weighted by molar-refractivity contribution is 5.76. The van der Waals surface area contributed by atoms with Crippen molar-refractivity contribution in [3.8, 4) is 0 Å². The standard InChI is InChI=1S/C11H18N6O4/c1-21-7-6-13-10(18)4-5-14-11-8(17(19)20)2-3-9(15-11)16-12/h2-3H,4-7,12H2,1H3,(H,13,18)(H2,14,15,16). The highest BCUT2D eigenvalue weighted by Crippen LogP contribution is 2.23. The molecule has 0 atom stereocenters. The Bertz CT molecular complexity index is 496. The number of nitrogen functional groups attached to an aromatic ring is 1. The van der Waals surface area contributed by atoms with Gasteiger partial charge in [0.05, 0.1) is 11.5 Å². The predicted octanol–water partition coefficient (Wildman–Crippen LogP) is -0.160. The molecule has 1 amide bonds. The molecule has 1 rings (SSSR count). The Kier molecular flexibility index (Phi) is 6.84. The van der Waals surface area contributed by atoms with E-state index in [1.807, 2.05) is 0 Å². The molecule has 0 spiro atoms. The number of hydrogen-bond acceptors (Lipinski definition) is 8. The first-order valence-corrected chi connectivity index (χ1v) is 6.20. The van der Waals surface area contributed by atoms with E-state index in [2.05, 4.69) is 21.0 Å². The van der Waals surface area contributed by atoms with Crippen LogP contribution in [0.2, 0.25) is 0 Å². The molecule has 0 bridgehead atoms. The van der Waals surface area contributed by atoms with Crippen LogP contribution >= 0.6 is 0 Å². The number of methoxy groups -OCH3 is 1. The Morgan fingerprint density at radius 2 is 2.24 bits per heavy atom. The molecule has 5 N–H and O–H groups in total. The molecule has 0 unspecified atom stereocenters. The number of amides is 1. The van der Waals surface area contributed by atoms with E-state index in [1.54, 1.807) is 0 Å². The van der Waals surface area contributed by atoms with Gasteiger partial charge in [-0.15, -0.1) is 0 Å². The lowest BCUT2D eigenvalue weighted by molar-refractivity contribution is -0.384. The maximum Gasteiger partial charge on any atom is 0.311 e. The quantitative estimate of drug-likeness (QED) is 0.213. The molecule has 0 aliphatic rings. The first-order chi connectivity index (χ1) is 10.1. The van der Waals surface area contributed by atoms with Gasteiger partial charge in [-0.25, -0.2) is 10.8 Å². The molecular weight excluding hydrogens is 280 g/mol. The van der Waals surface area contributed by atoms with Crippen molar-refractivity contribution in [3.63, 3.8) is 0 Å². The second-order valence-corrected chi connectivity index (χ2v) is 3.99. The average Bonchev–Trinajstić information content (AvgIpc) is 2.47. The van der Waals surface area contributed by atoms with Crippen LogP contribution in [0.3, 0.4) is 0 Å². The number of nitrogens with two attached hydrogens (primary N) is 1. The summed E-state index contributed by atoms with van der Waals surface area (Å²) in [6.45, 7) is 1.05. The molecule has 0 aliphatic heterocycles. The molecule has 1 aromatic rings. The van der Waals surface area contributed by atoms with Gasteiger partial charge >= 0.3 is 5.69 Å². The molecule has 1 heterocycles. The van der Waals surface area contributed by atoms with Gasteiger partial charge in [0.1, 0.15) is 5.82 Å². The van der Waals surface area contributed by atoms with Gasteiger partial charge in [-0.2, -0.15) is 0 Å². The van der Waals surface area contributed by atoms with E-state index < -0.39 is 4.92 Å². The Labute approximate surface area is 121 Å². The summed E-state index contributed by atoms with van der Waals surface area (Å²) in [7, 11) is 1.54. The summed E-state index contributed by atoms with van der Waals surface area (Å²) in [5, 5.41) is 16.3. The second kappa shape index (κ2) is 8.66. The number of nitro groups is 1. The molecule has 0 aliphatic carbocycles. The molecule has 10 heteroatoms. The van der Waals surface area contributed by atoms with Gasteiger partial charge in [-0.3, -0.25) is 14.9 Å². The number of pyridine rings is 1. The zero-order valence-electron chi connectivity index (χ0n) is 11.6. The first-order valence-electron chi connectivity index (χ1n) is 6.20. The third-order valence-electron chi connectivity index (χ3n) is 2.49. The van der Waals surface area contributed by atoms with Crippen molar-refractivity contribution in [2.75, 3.05) is 37.5 Å². The van der Waals surface area contributed by atoms with E-state index >= 15 is 0 Å². The predicted molar refractivity (Wildman–Crippen MR) is 76.7 cm³/mol. The fraction of sp³-hybridized carbons (Fsp3) is 0.455. The number of aromatic nitrogens is 1. The number of hydrogen-bond donors (Lipinski definition) is 4. The molecule has 0 saturated carbocycles. The van der Waals surface area contributed by atoms with Gasteiger partial charge < -0.3 is 20.8 Å². The van der Waals surface area contributed by atoms with Gasteiger partial charge in [0.2, 0.25) is 11.7 Å². The summed E-state index contributed by atoms with van der Waals surface area (Å²) >= 11 is 0. The average molecular weight is 298 g/mol. The molecule has 0 aromatic carbocycles. The highest BCUT2D eigenvalue weighted by Gasteiger charge is 2.15. The topological polar surface area (TPSA) is 144 Å².